The minimum atomic E-state index is -2.64. The summed E-state index contributed by atoms with van der Waals surface area (Å²) in [5.41, 5.74) is 4.75. The van der Waals surface area contributed by atoms with Gasteiger partial charge in [-0.05, 0) is 0 Å². The largest absolute Gasteiger partial charge is 0.147 e. The van der Waals surface area contributed by atoms with Crippen LogP contribution in [0.3, 0.4) is 0 Å². The summed E-state index contributed by atoms with van der Waals surface area (Å²) in [7, 11) is 2.35. The molecule has 2 rings (SSSR count). The summed E-state index contributed by atoms with van der Waals surface area (Å²) in [4.78, 5) is 0. The molecule has 2 aliphatic rings. The zero-order valence-electron chi connectivity index (χ0n) is 13.5. The Morgan fingerprint density at radius 1 is 1.10 bits per heavy atom. The van der Waals surface area contributed by atoms with Crippen LogP contribution in [0.1, 0.15) is 34.1 Å². The van der Waals surface area contributed by atoms with E-state index in [4.69, 9.17) is 0 Å². The molecule has 0 aliphatic heterocycles. The van der Waals surface area contributed by atoms with Gasteiger partial charge in [0.05, 0.1) is 0 Å². The fraction of sp³-hybridized carbons (Fsp3) is 0.500. The molecule has 0 aromatic heterocycles. The normalized spacial score (nSPS) is 22.8. The molecule has 114 valence electrons. The number of allylic oxidation sites excluding steroid dienone is 8. The smallest absolute Gasteiger partial charge is 0.147 e. The Morgan fingerprint density at radius 3 is 2.00 bits per heavy atom. The molecule has 1 unspecified atom stereocenters. The van der Waals surface area contributed by atoms with Crippen molar-refractivity contribution in [2.45, 2.75) is 44.6 Å². The summed E-state index contributed by atoms with van der Waals surface area (Å²) in [5.74, 6) is 0.663. The Morgan fingerprint density at radius 2 is 1.65 bits per heavy atom. The van der Waals surface area contributed by atoms with E-state index in [9.17, 15) is 0 Å². The Bertz CT molecular complexity index is 600. The molecule has 0 spiro atoms. The van der Waals surface area contributed by atoms with E-state index in [1.807, 2.05) is 3.88 Å². The maximum atomic E-state index is 2.61. The second-order valence-electron chi connectivity index (χ2n) is 7.08. The molecule has 0 radical (unpaired) electrons. The molecule has 20 heavy (non-hydrogen) atoms. The minimum Gasteiger partial charge on any atom is -0.147 e. The second kappa shape index (κ2) is 6.30. The average Bonchev–Trinajstić information content (AvgIpc) is 2.85. The van der Waals surface area contributed by atoms with Crippen LogP contribution in [0.15, 0.2) is 42.7 Å². The number of hydrogen-bond donors (Lipinski definition) is 0. The summed E-state index contributed by atoms with van der Waals surface area (Å²) in [6.45, 7) is 9.39. The van der Waals surface area contributed by atoms with Crippen LogP contribution in [0.4, 0.5) is 0 Å². The molecule has 0 aromatic rings. The summed E-state index contributed by atoms with van der Waals surface area (Å²) >= 11 is -2.64. The standard InChI is InChI=1S/C9H13.C5H5.2CH3.2ClH.H2Si.Ti/c1-6-5-7(2)9(4)8(6)3;1-2-4-5-3-1;;;;;;/h6H,1-4H3;1-3H,4H2;2*1H3;2*1H;1H2;. The summed E-state index contributed by atoms with van der Waals surface area (Å²) in [6, 6.07) is 0. The van der Waals surface area contributed by atoms with Crippen LogP contribution < -0.4 is 0 Å². The number of hydrogen-bond acceptors (Lipinski definition) is 0. The van der Waals surface area contributed by atoms with Gasteiger partial charge in [0.15, 0.2) is 0 Å². The third-order valence-electron chi connectivity index (χ3n) is 5.31. The SMILES string of the molecule is CC1=C(C)C(C)[C]([Ti]([CH3])([CH3])(=[SiH2])[C]2=CC=CC2)=C1C.Cl.Cl. The minimum absolute atomic E-state index is 0. The van der Waals surface area contributed by atoms with Crippen molar-refractivity contribution in [3.8, 4) is 0 Å². The van der Waals surface area contributed by atoms with Crippen molar-refractivity contribution in [3.05, 3.63) is 42.7 Å². The van der Waals surface area contributed by atoms with Crippen molar-refractivity contribution in [3.63, 3.8) is 0 Å². The summed E-state index contributed by atoms with van der Waals surface area (Å²) in [6.07, 6.45) is 8.17. The van der Waals surface area contributed by atoms with Gasteiger partial charge in [0, 0.05) is 0 Å². The van der Waals surface area contributed by atoms with Crippen molar-refractivity contribution < 1.29 is 14.0 Å². The van der Waals surface area contributed by atoms with Crippen LogP contribution in [0, 0.1) is 5.92 Å². The Balaban J connectivity index is 0.00000180. The predicted octanol–water partition coefficient (Wildman–Crippen LogP) is 5.27. The van der Waals surface area contributed by atoms with Gasteiger partial charge in [-0.2, -0.15) is 0 Å². The molecule has 2 aliphatic carbocycles. The Kier molecular flexibility index (Phi) is 6.45. The van der Waals surface area contributed by atoms with Crippen molar-refractivity contribution in [2.24, 2.45) is 5.92 Å². The van der Waals surface area contributed by atoms with E-state index >= 15 is 0 Å². The van der Waals surface area contributed by atoms with E-state index in [1.165, 1.54) is 6.42 Å². The Hall–Kier alpha value is 0.471. The third kappa shape index (κ3) is 2.98. The molecule has 4 heteroatoms. The first-order valence-electron chi connectivity index (χ1n) is 6.98. The fourth-order valence-electron chi connectivity index (χ4n) is 3.87. The van der Waals surface area contributed by atoms with Gasteiger partial charge in [0.2, 0.25) is 0 Å². The van der Waals surface area contributed by atoms with Crippen LogP contribution >= 0.6 is 24.8 Å². The van der Waals surface area contributed by atoms with Crippen LogP contribution in [0.2, 0.25) is 10.5 Å². The molecule has 1 atom stereocenters. The maximum absolute atomic E-state index is 2.64. The molecular formula is C16H28Cl2SiTi. The molecule has 0 fully saturated rings. The fourth-order valence-corrected chi connectivity index (χ4v) is 14.7. The van der Waals surface area contributed by atoms with Crippen molar-refractivity contribution in [1.29, 1.82) is 0 Å². The van der Waals surface area contributed by atoms with Gasteiger partial charge < -0.3 is 0 Å². The average molecular weight is 367 g/mol. The number of halogens is 2. The predicted molar refractivity (Wildman–Crippen MR) is 96.8 cm³/mol. The topological polar surface area (TPSA) is 0 Å². The first-order chi connectivity index (χ1) is 8.15. The zero-order chi connectivity index (χ0) is 13.7. The molecule has 0 saturated carbocycles. The molecule has 0 amide bonds. The van der Waals surface area contributed by atoms with Crippen molar-refractivity contribution >= 4 is 32.4 Å². The van der Waals surface area contributed by atoms with Crippen molar-refractivity contribution in [1.82, 2.24) is 0 Å². The quantitative estimate of drug-likeness (QED) is 0.584. The summed E-state index contributed by atoms with van der Waals surface area (Å²) < 4.78 is 3.56. The monoisotopic (exact) mass is 366 g/mol. The van der Waals surface area contributed by atoms with Crippen molar-refractivity contribution in [2.75, 3.05) is 0 Å². The molecule has 0 nitrogen and oxygen atoms in total. The van der Waals surface area contributed by atoms with E-state index in [1.54, 1.807) is 20.6 Å². The first-order valence-corrected chi connectivity index (χ1v) is 15.7. The van der Waals surface area contributed by atoms with Crippen LogP contribution in [0.25, 0.3) is 0 Å². The molecule has 0 saturated heterocycles. The van der Waals surface area contributed by atoms with E-state index in [0.29, 0.717) is 5.92 Å². The second-order valence-corrected chi connectivity index (χ2v) is 26.1. The van der Waals surface area contributed by atoms with Gasteiger partial charge in [0.1, 0.15) is 0 Å². The Labute approximate surface area is 139 Å². The molecule has 0 heterocycles. The van der Waals surface area contributed by atoms with Gasteiger partial charge in [-0.15, -0.1) is 24.8 Å². The molecule has 0 N–H and O–H groups in total. The number of rotatable bonds is 2. The van der Waals surface area contributed by atoms with Crippen LogP contribution in [-0.4, -0.2) is 7.63 Å². The van der Waals surface area contributed by atoms with Gasteiger partial charge in [-0.1, -0.05) is 0 Å². The van der Waals surface area contributed by atoms with Crippen LogP contribution in [-0.2, 0) is 14.0 Å². The summed E-state index contributed by atoms with van der Waals surface area (Å²) in [5, 5.41) is 5.21. The molecule has 0 bridgehead atoms. The van der Waals surface area contributed by atoms with E-state index < -0.39 is 14.0 Å². The van der Waals surface area contributed by atoms with E-state index in [2.05, 4.69) is 64.0 Å². The zero-order valence-corrected chi connectivity index (χ0v) is 18.1. The first kappa shape index (κ1) is 20.5. The van der Waals surface area contributed by atoms with Gasteiger partial charge in [-0.25, -0.2) is 0 Å². The van der Waals surface area contributed by atoms with Gasteiger partial charge >= 0.3 is 115 Å². The van der Waals surface area contributed by atoms with Gasteiger partial charge in [-0.3, -0.25) is 0 Å². The van der Waals surface area contributed by atoms with E-state index in [0.717, 1.165) is 0 Å². The van der Waals surface area contributed by atoms with E-state index in [-0.39, 0.29) is 24.8 Å². The molecular weight excluding hydrogens is 339 g/mol. The molecule has 0 aromatic carbocycles. The van der Waals surface area contributed by atoms with Crippen LogP contribution in [0.5, 0.6) is 0 Å². The van der Waals surface area contributed by atoms with Gasteiger partial charge in [0.25, 0.3) is 0 Å². The third-order valence-corrected chi connectivity index (χ3v) is 16.5. The maximum Gasteiger partial charge on any atom is -0.147 e.